The van der Waals surface area contributed by atoms with E-state index in [1.54, 1.807) is 6.07 Å². The topological polar surface area (TPSA) is 109 Å². The molecule has 0 atom stereocenters. The third-order valence-corrected chi connectivity index (χ3v) is 5.87. The van der Waals surface area contributed by atoms with Gasteiger partial charge in [-0.05, 0) is 55.0 Å². The van der Waals surface area contributed by atoms with Gasteiger partial charge in [-0.15, -0.1) is 11.3 Å². The van der Waals surface area contributed by atoms with Gasteiger partial charge in [0.2, 0.25) is 0 Å². The van der Waals surface area contributed by atoms with E-state index in [9.17, 15) is 20.0 Å². The number of benzene rings is 1. The number of aryl methyl sites for hydroxylation is 1. The Balaban J connectivity index is 1.90. The van der Waals surface area contributed by atoms with E-state index in [0.29, 0.717) is 16.1 Å². The molecule has 1 aromatic heterocycles. The Kier molecular flexibility index (Phi) is 6.20. The van der Waals surface area contributed by atoms with Crippen LogP contribution in [0.15, 0.2) is 23.8 Å². The number of phenols is 1. The number of phenolic OH excluding ortho intramolecular Hbond substituents is 1. The van der Waals surface area contributed by atoms with E-state index in [2.05, 4.69) is 5.32 Å². The molecule has 0 bridgehead atoms. The molecule has 2 N–H and O–H groups in total. The summed E-state index contributed by atoms with van der Waals surface area (Å²) >= 11 is 1.35. The first-order valence-corrected chi connectivity index (χ1v) is 9.83. The minimum Gasteiger partial charge on any atom is -0.504 e. The van der Waals surface area contributed by atoms with Crippen LogP contribution in [-0.4, -0.2) is 31.2 Å². The van der Waals surface area contributed by atoms with Crippen molar-refractivity contribution in [1.29, 1.82) is 5.26 Å². The number of rotatable bonds is 5. The lowest BCUT2D eigenvalue weighted by Gasteiger charge is -2.11. The number of hydrogen-bond donors (Lipinski definition) is 2. The number of hydrogen-bond acceptors (Lipinski definition) is 7. The number of nitrogens with one attached hydrogen (secondary N) is 1. The standard InChI is InChI=1S/C21H20N2O5S/c1-27-16-8-7-12(10-15(16)24)9-13(11-22)19(25)23-20-18(21(26)28-2)14-5-3-4-6-17(14)29-20/h7-10,24H,3-6H2,1-2H3,(H,23,25)/b13-9+. The SMILES string of the molecule is COC(=O)c1c(NC(=O)/C(C#N)=C/c2ccc(OC)c(O)c2)sc2c1CCCC2. The summed E-state index contributed by atoms with van der Waals surface area (Å²) in [4.78, 5) is 26.1. The van der Waals surface area contributed by atoms with Gasteiger partial charge in [-0.2, -0.15) is 5.26 Å². The van der Waals surface area contributed by atoms with Crippen molar-refractivity contribution < 1.29 is 24.2 Å². The van der Waals surface area contributed by atoms with E-state index in [1.807, 2.05) is 6.07 Å². The Morgan fingerprint density at radius 3 is 2.69 bits per heavy atom. The van der Waals surface area contributed by atoms with E-state index in [1.165, 1.54) is 43.8 Å². The maximum absolute atomic E-state index is 12.7. The molecule has 0 radical (unpaired) electrons. The molecule has 1 heterocycles. The molecule has 0 spiro atoms. The van der Waals surface area contributed by atoms with Crippen molar-refractivity contribution in [2.24, 2.45) is 0 Å². The van der Waals surface area contributed by atoms with Crippen molar-refractivity contribution in [3.05, 3.63) is 45.3 Å². The maximum Gasteiger partial charge on any atom is 0.341 e. The molecule has 7 nitrogen and oxygen atoms in total. The van der Waals surface area contributed by atoms with E-state index in [4.69, 9.17) is 9.47 Å². The summed E-state index contributed by atoms with van der Waals surface area (Å²) in [6.07, 6.45) is 4.99. The predicted octanol–water partition coefficient (Wildman–Crippen LogP) is 3.67. The average molecular weight is 412 g/mol. The number of aromatic hydroxyl groups is 1. The minimum atomic E-state index is -0.633. The number of fused-ring (bicyclic) bond motifs is 1. The summed E-state index contributed by atoms with van der Waals surface area (Å²) in [5.41, 5.74) is 1.61. The number of nitrogens with zero attached hydrogens (tertiary/aromatic N) is 1. The number of nitriles is 1. The maximum atomic E-state index is 12.7. The van der Waals surface area contributed by atoms with Gasteiger partial charge in [0.1, 0.15) is 16.6 Å². The number of esters is 1. The van der Waals surface area contributed by atoms with Crippen molar-refractivity contribution in [2.45, 2.75) is 25.7 Å². The van der Waals surface area contributed by atoms with E-state index < -0.39 is 11.9 Å². The molecular weight excluding hydrogens is 392 g/mol. The third-order valence-electron chi connectivity index (χ3n) is 4.67. The van der Waals surface area contributed by atoms with Gasteiger partial charge in [0, 0.05) is 4.88 Å². The average Bonchev–Trinajstić information content (AvgIpc) is 3.09. The summed E-state index contributed by atoms with van der Waals surface area (Å²) in [5.74, 6) is -0.941. The van der Waals surface area contributed by atoms with Crippen LogP contribution in [0, 0.1) is 11.3 Å². The minimum absolute atomic E-state index is 0.0992. The second-order valence-electron chi connectivity index (χ2n) is 6.46. The van der Waals surface area contributed by atoms with Crippen LogP contribution in [0.3, 0.4) is 0 Å². The Bertz CT molecular complexity index is 1030. The Morgan fingerprint density at radius 2 is 2.03 bits per heavy atom. The van der Waals surface area contributed by atoms with E-state index in [-0.39, 0.29) is 17.1 Å². The number of carbonyl (C=O) groups is 2. The van der Waals surface area contributed by atoms with Gasteiger partial charge in [-0.1, -0.05) is 6.07 Å². The second-order valence-corrected chi connectivity index (χ2v) is 7.57. The summed E-state index contributed by atoms with van der Waals surface area (Å²) in [7, 11) is 2.73. The van der Waals surface area contributed by atoms with Gasteiger partial charge in [0.05, 0.1) is 19.8 Å². The van der Waals surface area contributed by atoms with Gasteiger partial charge >= 0.3 is 5.97 Å². The normalized spacial score (nSPS) is 13.2. The lowest BCUT2D eigenvalue weighted by Crippen LogP contribution is -2.16. The molecule has 0 saturated heterocycles. The van der Waals surface area contributed by atoms with Crippen molar-refractivity contribution in [3.63, 3.8) is 0 Å². The monoisotopic (exact) mass is 412 g/mol. The highest BCUT2D eigenvalue weighted by Gasteiger charge is 2.27. The number of anilines is 1. The molecule has 2 aromatic rings. The molecule has 0 fully saturated rings. The lowest BCUT2D eigenvalue weighted by molar-refractivity contribution is -0.112. The molecule has 150 valence electrons. The van der Waals surface area contributed by atoms with Crippen LogP contribution in [-0.2, 0) is 22.4 Å². The molecule has 1 aliphatic rings. The zero-order chi connectivity index (χ0) is 21.0. The molecule has 1 aromatic carbocycles. The number of amides is 1. The third kappa shape index (κ3) is 4.25. The fourth-order valence-electron chi connectivity index (χ4n) is 3.25. The lowest BCUT2D eigenvalue weighted by atomic mass is 9.95. The molecule has 0 saturated carbocycles. The highest BCUT2D eigenvalue weighted by atomic mass is 32.1. The first kappa shape index (κ1) is 20.4. The molecular formula is C21H20N2O5S. The predicted molar refractivity (Wildman–Crippen MR) is 109 cm³/mol. The zero-order valence-corrected chi connectivity index (χ0v) is 16.9. The number of ether oxygens (including phenoxy) is 2. The number of thiophene rings is 1. The quantitative estimate of drug-likeness (QED) is 0.441. The summed E-state index contributed by atoms with van der Waals surface area (Å²) < 4.78 is 9.88. The summed E-state index contributed by atoms with van der Waals surface area (Å²) in [6.45, 7) is 0. The van der Waals surface area contributed by atoms with Crippen molar-refractivity contribution in [1.82, 2.24) is 0 Å². The molecule has 1 amide bonds. The fraction of sp³-hybridized carbons (Fsp3) is 0.286. The van der Waals surface area contributed by atoms with Gasteiger partial charge in [0.25, 0.3) is 5.91 Å². The molecule has 8 heteroatoms. The van der Waals surface area contributed by atoms with Crippen LogP contribution in [0.4, 0.5) is 5.00 Å². The van der Waals surface area contributed by atoms with Gasteiger partial charge in [-0.3, -0.25) is 4.79 Å². The summed E-state index contributed by atoms with van der Waals surface area (Å²) in [6, 6.07) is 6.42. The smallest absolute Gasteiger partial charge is 0.341 e. The molecule has 3 rings (SSSR count). The van der Waals surface area contributed by atoms with Gasteiger partial charge < -0.3 is 19.9 Å². The highest BCUT2D eigenvalue weighted by Crippen LogP contribution is 2.38. The van der Waals surface area contributed by atoms with Crippen LogP contribution in [0.1, 0.15) is 39.2 Å². The fourth-order valence-corrected chi connectivity index (χ4v) is 4.53. The van der Waals surface area contributed by atoms with Gasteiger partial charge in [0.15, 0.2) is 11.5 Å². The number of carbonyl (C=O) groups excluding carboxylic acids is 2. The largest absolute Gasteiger partial charge is 0.504 e. The van der Waals surface area contributed by atoms with Crippen LogP contribution >= 0.6 is 11.3 Å². The van der Waals surface area contributed by atoms with E-state index >= 15 is 0 Å². The molecule has 1 aliphatic carbocycles. The van der Waals surface area contributed by atoms with Crippen molar-refractivity contribution >= 4 is 34.3 Å². The van der Waals surface area contributed by atoms with Crippen LogP contribution < -0.4 is 10.1 Å². The molecule has 0 aliphatic heterocycles. The first-order chi connectivity index (χ1) is 14.0. The first-order valence-electron chi connectivity index (χ1n) is 9.01. The van der Waals surface area contributed by atoms with Crippen molar-refractivity contribution in [3.8, 4) is 17.6 Å². The Morgan fingerprint density at radius 1 is 1.28 bits per heavy atom. The summed E-state index contributed by atoms with van der Waals surface area (Å²) in [5, 5.41) is 22.4. The van der Waals surface area contributed by atoms with Crippen LogP contribution in [0.2, 0.25) is 0 Å². The van der Waals surface area contributed by atoms with Crippen LogP contribution in [0.25, 0.3) is 6.08 Å². The highest BCUT2D eigenvalue weighted by molar-refractivity contribution is 7.17. The van der Waals surface area contributed by atoms with Crippen LogP contribution in [0.5, 0.6) is 11.5 Å². The molecule has 0 unspecified atom stereocenters. The zero-order valence-electron chi connectivity index (χ0n) is 16.1. The molecule has 29 heavy (non-hydrogen) atoms. The number of methoxy groups -OCH3 is 2. The van der Waals surface area contributed by atoms with Gasteiger partial charge in [-0.25, -0.2) is 4.79 Å². The Labute approximate surface area is 172 Å². The van der Waals surface area contributed by atoms with E-state index in [0.717, 1.165) is 36.1 Å². The Hall–Kier alpha value is -3.31. The second kappa shape index (κ2) is 8.80. The van der Waals surface area contributed by atoms with Crippen molar-refractivity contribution in [2.75, 3.05) is 19.5 Å².